The minimum Gasteiger partial charge on any atom is -0.0845 e. The summed E-state index contributed by atoms with van der Waals surface area (Å²) in [6, 6.07) is 0. The standard InChI is InChI=1S/C19H28/c1-17-13-9-5-4-8-12-16-19(17)18-14-10-6-2-3-7-11-15-18/h6,9-10,13-14H,2-5,7-8,11-12,15-16H2,1H3. The van der Waals surface area contributed by atoms with Crippen LogP contribution in [0.5, 0.6) is 0 Å². The zero-order valence-electron chi connectivity index (χ0n) is 12.5. The minimum absolute atomic E-state index is 1.25. The van der Waals surface area contributed by atoms with Crippen molar-refractivity contribution < 1.29 is 0 Å². The van der Waals surface area contributed by atoms with Gasteiger partial charge in [-0.05, 0) is 75.0 Å². The van der Waals surface area contributed by atoms with Crippen molar-refractivity contribution in [3.8, 4) is 0 Å². The fourth-order valence-corrected chi connectivity index (χ4v) is 3.08. The van der Waals surface area contributed by atoms with Gasteiger partial charge in [-0.2, -0.15) is 0 Å². The molecule has 0 fully saturated rings. The summed E-state index contributed by atoms with van der Waals surface area (Å²) >= 11 is 0. The second-order valence-corrected chi connectivity index (χ2v) is 5.88. The maximum absolute atomic E-state index is 2.38. The minimum atomic E-state index is 1.25. The lowest BCUT2D eigenvalue weighted by atomic mass is 9.91. The molecule has 0 spiro atoms. The molecule has 2 aliphatic carbocycles. The van der Waals surface area contributed by atoms with Gasteiger partial charge in [-0.15, -0.1) is 0 Å². The Kier molecular flexibility index (Phi) is 6.20. The fourth-order valence-electron chi connectivity index (χ4n) is 3.08. The highest BCUT2D eigenvalue weighted by molar-refractivity contribution is 5.41. The van der Waals surface area contributed by atoms with Gasteiger partial charge < -0.3 is 0 Å². The number of allylic oxidation sites excluding steroid dienone is 8. The van der Waals surface area contributed by atoms with Crippen molar-refractivity contribution in [2.75, 3.05) is 0 Å². The van der Waals surface area contributed by atoms with Crippen LogP contribution in [0.2, 0.25) is 0 Å². The topological polar surface area (TPSA) is 0 Å². The molecule has 2 aliphatic rings. The molecule has 0 aromatic heterocycles. The lowest BCUT2D eigenvalue weighted by Gasteiger charge is -2.14. The van der Waals surface area contributed by atoms with Crippen molar-refractivity contribution in [2.45, 2.75) is 71.1 Å². The molecule has 19 heavy (non-hydrogen) atoms. The molecule has 0 aromatic carbocycles. The van der Waals surface area contributed by atoms with Crippen LogP contribution in [0, 0.1) is 0 Å². The van der Waals surface area contributed by atoms with Crippen LogP contribution in [-0.4, -0.2) is 0 Å². The summed E-state index contributed by atoms with van der Waals surface area (Å²) in [5.74, 6) is 0. The molecule has 0 saturated carbocycles. The normalized spacial score (nSPS) is 22.7. The van der Waals surface area contributed by atoms with E-state index < -0.39 is 0 Å². The number of rotatable bonds is 1. The predicted octanol–water partition coefficient (Wildman–Crippen LogP) is 6.27. The Hall–Kier alpha value is -1.04. The first-order valence-corrected chi connectivity index (χ1v) is 8.10. The Bertz CT molecular complexity index is 390. The average Bonchev–Trinajstić information content (AvgIpc) is 2.60. The van der Waals surface area contributed by atoms with Crippen LogP contribution in [0.1, 0.15) is 71.1 Å². The van der Waals surface area contributed by atoms with E-state index in [-0.39, 0.29) is 0 Å². The van der Waals surface area contributed by atoms with Crippen molar-refractivity contribution in [1.29, 1.82) is 0 Å². The van der Waals surface area contributed by atoms with E-state index in [1.165, 1.54) is 69.8 Å². The third kappa shape index (κ3) is 4.86. The highest BCUT2D eigenvalue weighted by atomic mass is 14.1. The fraction of sp³-hybridized carbons (Fsp3) is 0.579. The van der Waals surface area contributed by atoms with Gasteiger partial charge in [-0.1, -0.05) is 43.2 Å². The van der Waals surface area contributed by atoms with Crippen molar-refractivity contribution >= 4 is 0 Å². The maximum atomic E-state index is 2.38. The lowest BCUT2D eigenvalue weighted by molar-refractivity contribution is 0.667. The molecule has 2 rings (SSSR count). The second-order valence-electron chi connectivity index (χ2n) is 5.88. The van der Waals surface area contributed by atoms with Crippen LogP contribution in [-0.2, 0) is 0 Å². The van der Waals surface area contributed by atoms with Gasteiger partial charge in [0.05, 0.1) is 0 Å². The third-order valence-corrected chi connectivity index (χ3v) is 4.28. The Morgan fingerprint density at radius 1 is 0.789 bits per heavy atom. The first-order chi connectivity index (χ1) is 9.38. The molecule has 0 heterocycles. The quantitative estimate of drug-likeness (QED) is 0.518. The molecular formula is C19H28. The molecule has 0 aliphatic heterocycles. The summed E-state index contributed by atoms with van der Waals surface area (Å²) in [4.78, 5) is 0. The van der Waals surface area contributed by atoms with Gasteiger partial charge in [0.25, 0.3) is 0 Å². The lowest BCUT2D eigenvalue weighted by Crippen LogP contribution is -1.95. The molecule has 0 N–H and O–H groups in total. The first kappa shape index (κ1) is 14.4. The summed E-state index contributed by atoms with van der Waals surface area (Å²) < 4.78 is 0. The van der Waals surface area contributed by atoms with E-state index in [2.05, 4.69) is 37.3 Å². The summed E-state index contributed by atoms with van der Waals surface area (Å²) in [6.45, 7) is 2.30. The van der Waals surface area contributed by atoms with E-state index in [1.807, 2.05) is 0 Å². The van der Waals surface area contributed by atoms with Gasteiger partial charge in [0.15, 0.2) is 0 Å². The average molecular weight is 256 g/mol. The zero-order valence-corrected chi connectivity index (χ0v) is 12.5. The molecular weight excluding hydrogens is 228 g/mol. The van der Waals surface area contributed by atoms with Gasteiger partial charge in [0.1, 0.15) is 0 Å². The van der Waals surface area contributed by atoms with E-state index in [4.69, 9.17) is 0 Å². The smallest absolute Gasteiger partial charge is 0.0274 e. The van der Waals surface area contributed by atoms with Crippen molar-refractivity contribution in [3.05, 3.63) is 47.1 Å². The van der Waals surface area contributed by atoms with Crippen LogP contribution in [0.4, 0.5) is 0 Å². The SMILES string of the molecule is CC1=C(C2=CC=CCCCCC2)CCCCCC=C1. The van der Waals surface area contributed by atoms with Crippen molar-refractivity contribution in [1.82, 2.24) is 0 Å². The largest absolute Gasteiger partial charge is 0.0845 e. The Labute approximate surface area is 119 Å². The molecule has 0 amide bonds. The van der Waals surface area contributed by atoms with Crippen LogP contribution in [0.15, 0.2) is 47.1 Å². The van der Waals surface area contributed by atoms with Crippen LogP contribution in [0.25, 0.3) is 0 Å². The molecule has 0 aromatic rings. The molecule has 0 radical (unpaired) electrons. The van der Waals surface area contributed by atoms with Crippen LogP contribution in [0.3, 0.4) is 0 Å². The Balaban J connectivity index is 2.20. The molecule has 0 atom stereocenters. The predicted molar refractivity (Wildman–Crippen MR) is 85.2 cm³/mol. The molecule has 0 unspecified atom stereocenters. The summed E-state index contributed by atoms with van der Waals surface area (Å²) in [6.07, 6.45) is 25.0. The maximum Gasteiger partial charge on any atom is -0.0274 e. The highest BCUT2D eigenvalue weighted by Gasteiger charge is 2.09. The molecule has 0 saturated heterocycles. The van der Waals surface area contributed by atoms with Gasteiger partial charge in [-0.3, -0.25) is 0 Å². The van der Waals surface area contributed by atoms with Crippen LogP contribution < -0.4 is 0 Å². The van der Waals surface area contributed by atoms with Gasteiger partial charge in [0, 0.05) is 0 Å². The van der Waals surface area contributed by atoms with E-state index >= 15 is 0 Å². The van der Waals surface area contributed by atoms with Gasteiger partial charge >= 0.3 is 0 Å². The number of hydrogen-bond donors (Lipinski definition) is 0. The second kappa shape index (κ2) is 8.19. The third-order valence-electron chi connectivity index (χ3n) is 4.28. The van der Waals surface area contributed by atoms with E-state index in [0.717, 1.165) is 0 Å². The van der Waals surface area contributed by atoms with Crippen LogP contribution >= 0.6 is 0 Å². The summed E-state index contributed by atoms with van der Waals surface area (Å²) in [5.41, 5.74) is 4.73. The zero-order chi connectivity index (χ0) is 13.3. The van der Waals surface area contributed by atoms with E-state index in [0.29, 0.717) is 0 Å². The van der Waals surface area contributed by atoms with Gasteiger partial charge in [-0.25, -0.2) is 0 Å². The summed E-state index contributed by atoms with van der Waals surface area (Å²) in [5, 5.41) is 0. The molecule has 104 valence electrons. The molecule has 0 bridgehead atoms. The van der Waals surface area contributed by atoms with E-state index in [9.17, 15) is 0 Å². The van der Waals surface area contributed by atoms with Crippen molar-refractivity contribution in [2.24, 2.45) is 0 Å². The molecule has 0 nitrogen and oxygen atoms in total. The van der Waals surface area contributed by atoms with Crippen molar-refractivity contribution in [3.63, 3.8) is 0 Å². The number of hydrogen-bond acceptors (Lipinski definition) is 0. The molecule has 0 heteroatoms. The van der Waals surface area contributed by atoms with E-state index in [1.54, 1.807) is 11.1 Å². The van der Waals surface area contributed by atoms with Gasteiger partial charge in [0.2, 0.25) is 0 Å². The monoisotopic (exact) mass is 256 g/mol. The summed E-state index contributed by atoms with van der Waals surface area (Å²) in [7, 11) is 0. The Morgan fingerprint density at radius 3 is 2.37 bits per heavy atom. The highest BCUT2D eigenvalue weighted by Crippen LogP contribution is 2.28. The Morgan fingerprint density at radius 2 is 1.53 bits per heavy atom. The first-order valence-electron chi connectivity index (χ1n) is 8.10.